The number of carbonyl (C=O) groups is 3. The molecule has 7 heteroatoms. The van der Waals surface area contributed by atoms with Gasteiger partial charge in [0.25, 0.3) is 0 Å². The highest BCUT2D eigenvalue weighted by Gasteiger charge is 2.25. The van der Waals surface area contributed by atoms with E-state index in [9.17, 15) is 18.8 Å². The Morgan fingerprint density at radius 1 is 1.12 bits per heavy atom. The Hall–Kier alpha value is -3.22. The molecule has 0 aliphatic carbocycles. The number of carbonyl (C=O) groups excluding carboxylic acids is 3. The summed E-state index contributed by atoms with van der Waals surface area (Å²) in [4.78, 5) is 38.7. The largest absolute Gasteiger partial charge is 0.424 e. The summed E-state index contributed by atoms with van der Waals surface area (Å²) >= 11 is 0. The summed E-state index contributed by atoms with van der Waals surface area (Å²) in [5.41, 5.74) is 2.16. The SMILES string of the molecule is CCC(=O)Oc1cccc(C)c1NC(=O)CC1CCN(C(=O)CCc2cccc(F)c2)CC1. The maximum atomic E-state index is 13.3. The van der Waals surface area contributed by atoms with Gasteiger partial charge in [-0.25, -0.2) is 4.39 Å². The molecule has 176 valence electrons. The van der Waals surface area contributed by atoms with E-state index in [1.165, 1.54) is 12.1 Å². The van der Waals surface area contributed by atoms with Gasteiger partial charge in [0.15, 0.2) is 5.75 Å². The van der Waals surface area contributed by atoms with Crippen molar-refractivity contribution in [3.63, 3.8) is 0 Å². The van der Waals surface area contributed by atoms with Crippen LogP contribution in [0.15, 0.2) is 42.5 Å². The summed E-state index contributed by atoms with van der Waals surface area (Å²) in [7, 11) is 0. The molecular weight excluding hydrogens is 423 g/mol. The minimum atomic E-state index is -0.356. The maximum Gasteiger partial charge on any atom is 0.310 e. The number of ether oxygens (including phenoxy) is 1. The van der Waals surface area contributed by atoms with E-state index >= 15 is 0 Å². The molecule has 2 aromatic carbocycles. The van der Waals surface area contributed by atoms with Crippen LogP contribution in [0.2, 0.25) is 0 Å². The predicted octanol–water partition coefficient (Wildman–Crippen LogP) is 4.65. The van der Waals surface area contributed by atoms with Gasteiger partial charge in [0.2, 0.25) is 11.8 Å². The fourth-order valence-corrected chi connectivity index (χ4v) is 4.02. The number of para-hydroxylation sites is 1. The van der Waals surface area contributed by atoms with Crippen LogP contribution in [0.3, 0.4) is 0 Å². The Kier molecular flexibility index (Phi) is 8.58. The third kappa shape index (κ3) is 7.14. The normalized spacial score (nSPS) is 14.1. The number of nitrogens with zero attached hydrogens (tertiary/aromatic N) is 1. The van der Waals surface area contributed by atoms with E-state index in [4.69, 9.17) is 4.74 Å². The number of esters is 1. The molecule has 1 aliphatic heterocycles. The number of benzene rings is 2. The summed E-state index contributed by atoms with van der Waals surface area (Å²) in [6.07, 6.45) is 2.97. The third-order valence-electron chi connectivity index (χ3n) is 5.97. The highest BCUT2D eigenvalue weighted by Crippen LogP contribution is 2.30. The zero-order chi connectivity index (χ0) is 23.8. The van der Waals surface area contributed by atoms with Crippen LogP contribution in [0, 0.1) is 18.7 Å². The van der Waals surface area contributed by atoms with Gasteiger partial charge < -0.3 is 15.0 Å². The van der Waals surface area contributed by atoms with Crippen LogP contribution in [0.25, 0.3) is 0 Å². The van der Waals surface area contributed by atoms with Crippen molar-refractivity contribution in [2.24, 2.45) is 5.92 Å². The lowest BCUT2D eigenvalue weighted by atomic mass is 9.92. The van der Waals surface area contributed by atoms with Gasteiger partial charge in [-0.3, -0.25) is 14.4 Å². The molecule has 1 fully saturated rings. The first-order chi connectivity index (χ1) is 15.9. The molecule has 0 bridgehead atoms. The summed E-state index contributed by atoms with van der Waals surface area (Å²) in [5, 5.41) is 2.91. The van der Waals surface area contributed by atoms with Crippen LogP contribution in [0.5, 0.6) is 5.75 Å². The van der Waals surface area contributed by atoms with Crippen LogP contribution in [-0.2, 0) is 20.8 Å². The quantitative estimate of drug-likeness (QED) is 0.465. The number of likely N-dealkylation sites (tertiary alicyclic amines) is 1. The number of nitrogens with one attached hydrogen (secondary N) is 1. The van der Waals surface area contributed by atoms with Crippen molar-refractivity contribution in [1.82, 2.24) is 4.90 Å². The Balaban J connectivity index is 1.47. The van der Waals surface area contributed by atoms with Crippen molar-refractivity contribution in [3.05, 3.63) is 59.4 Å². The van der Waals surface area contributed by atoms with Gasteiger partial charge in [0.05, 0.1) is 5.69 Å². The van der Waals surface area contributed by atoms with Gasteiger partial charge >= 0.3 is 5.97 Å². The fourth-order valence-electron chi connectivity index (χ4n) is 4.02. The lowest BCUT2D eigenvalue weighted by molar-refractivity contribution is -0.134. The standard InChI is InChI=1S/C26H31FN2O4/c1-3-25(32)33-22-9-4-6-18(2)26(22)28-23(30)17-20-12-14-29(15-13-20)24(31)11-10-19-7-5-8-21(27)16-19/h4-9,16,20H,3,10-15,17H2,1-2H3,(H,28,30). The molecule has 0 radical (unpaired) electrons. The number of piperidine rings is 1. The smallest absolute Gasteiger partial charge is 0.310 e. The molecule has 2 amide bonds. The summed E-state index contributed by atoms with van der Waals surface area (Å²) in [6, 6.07) is 11.6. The molecule has 0 spiro atoms. The van der Waals surface area contributed by atoms with E-state index in [0.29, 0.717) is 43.8 Å². The monoisotopic (exact) mass is 454 g/mol. The predicted molar refractivity (Wildman–Crippen MR) is 124 cm³/mol. The van der Waals surface area contributed by atoms with E-state index < -0.39 is 0 Å². The lowest BCUT2D eigenvalue weighted by Gasteiger charge is -2.32. The number of anilines is 1. The first-order valence-electron chi connectivity index (χ1n) is 11.5. The van der Waals surface area contributed by atoms with Gasteiger partial charge in [0, 0.05) is 32.4 Å². The van der Waals surface area contributed by atoms with Crippen molar-refractivity contribution >= 4 is 23.5 Å². The molecule has 0 saturated carbocycles. The zero-order valence-corrected chi connectivity index (χ0v) is 19.2. The Morgan fingerprint density at radius 2 is 1.85 bits per heavy atom. The molecular formula is C26H31FN2O4. The molecule has 2 aromatic rings. The molecule has 0 atom stereocenters. The average Bonchev–Trinajstić information content (AvgIpc) is 2.80. The van der Waals surface area contributed by atoms with Crippen LogP contribution >= 0.6 is 0 Å². The second-order valence-electron chi connectivity index (χ2n) is 8.48. The number of halogens is 1. The Labute approximate surface area is 194 Å². The van der Waals surface area contributed by atoms with Crippen molar-refractivity contribution in [1.29, 1.82) is 0 Å². The Bertz CT molecular complexity index is 1000. The fraction of sp³-hybridized carbons (Fsp3) is 0.423. The molecule has 6 nitrogen and oxygen atoms in total. The second-order valence-corrected chi connectivity index (χ2v) is 8.48. The molecule has 0 unspecified atom stereocenters. The van der Waals surface area contributed by atoms with E-state index in [0.717, 1.165) is 24.0 Å². The number of aryl methyl sites for hydroxylation is 2. The summed E-state index contributed by atoms with van der Waals surface area (Å²) < 4.78 is 18.6. The second kappa shape index (κ2) is 11.6. The summed E-state index contributed by atoms with van der Waals surface area (Å²) in [6.45, 7) is 4.80. The van der Waals surface area contributed by atoms with Crippen molar-refractivity contribution < 1.29 is 23.5 Å². The highest BCUT2D eigenvalue weighted by atomic mass is 19.1. The van der Waals surface area contributed by atoms with Crippen LogP contribution in [0.4, 0.5) is 10.1 Å². The molecule has 1 saturated heterocycles. The van der Waals surface area contributed by atoms with E-state index in [2.05, 4.69) is 5.32 Å². The molecule has 1 N–H and O–H groups in total. The van der Waals surface area contributed by atoms with E-state index in [1.54, 1.807) is 25.1 Å². The zero-order valence-electron chi connectivity index (χ0n) is 19.2. The molecule has 0 aromatic heterocycles. The van der Waals surface area contributed by atoms with Gasteiger partial charge in [0.1, 0.15) is 5.82 Å². The van der Waals surface area contributed by atoms with Crippen molar-refractivity contribution in [2.45, 2.75) is 52.4 Å². The first-order valence-corrected chi connectivity index (χ1v) is 11.5. The Morgan fingerprint density at radius 3 is 2.55 bits per heavy atom. The molecule has 1 aliphatic rings. The van der Waals surface area contributed by atoms with Crippen LogP contribution in [0.1, 0.15) is 50.2 Å². The van der Waals surface area contributed by atoms with Crippen molar-refractivity contribution in [3.8, 4) is 5.75 Å². The number of amides is 2. The summed E-state index contributed by atoms with van der Waals surface area (Å²) in [5.74, 6) is -0.179. The van der Waals surface area contributed by atoms with Gasteiger partial charge in [-0.1, -0.05) is 31.2 Å². The lowest BCUT2D eigenvalue weighted by Crippen LogP contribution is -2.39. The minimum Gasteiger partial charge on any atom is -0.424 e. The van der Waals surface area contributed by atoms with Gasteiger partial charge in [-0.2, -0.15) is 0 Å². The number of rotatable bonds is 8. The van der Waals surface area contributed by atoms with E-state index in [-0.39, 0.29) is 35.9 Å². The van der Waals surface area contributed by atoms with Gasteiger partial charge in [-0.15, -0.1) is 0 Å². The number of hydrogen-bond acceptors (Lipinski definition) is 4. The first kappa shape index (κ1) is 24.4. The van der Waals surface area contributed by atoms with Crippen LogP contribution in [-0.4, -0.2) is 35.8 Å². The topological polar surface area (TPSA) is 75.7 Å². The minimum absolute atomic E-state index is 0.0597. The van der Waals surface area contributed by atoms with Crippen molar-refractivity contribution in [2.75, 3.05) is 18.4 Å². The van der Waals surface area contributed by atoms with Gasteiger partial charge in [-0.05, 0) is 61.4 Å². The number of hydrogen-bond donors (Lipinski definition) is 1. The maximum absolute atomic E-state index is 13.3. The highest BCUT2D eigenvalue weighted by molar-refractivity contribution is 5.94. The molecule has 1 heterocycles. The van der Waals surface area contributed by atoms with E-state index in [1.807, 2.05) is 24.0 Å². The third-order valence-corrected chi connectivity index (χ3v) is 5.97. The molecule has 33 heavy (non-hydrogen) atoms. The van der Waals surface area contributed by atoms with Crippen LogP contribution < -0.4 is 10.1 Å². The average molecular weight is 455 g/mol. The molecule has 3 rings (SSSR count).